The molecule has 0 saturated carbocycles. The summed E-state index contributed by atoms with van der Waals surface area (Å²) in [6.45, 7) is 15.7. The first kappa shape index (κ1) is 29.7. The molecule has 2 aliphatic rings. The summed E-state index contributed by atoms with van der Waals surface area (Å²) in [6.07, 6.45) is 4.16. The second-order valence-corrected chi connectivity index (χ2v) is 13.3. The van der Waals surface area contributed by atoms with Crippen LogP contribution in [0.25, 0.3) is 5.82 Å². The zero-order chi connectivity index (χ0) is 27.2. The summed E-state index contributed by atoms with van der Waals surface area (Å²) in [7, 11) is -4.06. The normalized spacial score (nSPS) is 19.0. The molecule has 0 aromatic carbocycles. The van der Waals surface area contributed by atoms with Gasteiger partial charge in [-0.1, -0.05) is 27.7 Å². The van der Waals surface area contributed by atoms with Gasteiger partial charge in [0.2, 0.25) is 5.88 Å². The van der Waals surface area contributed by atoms with E-state index in [0.717, 1.165) is 6.42 Å². The van der Waals surface area contributed by atoms with E-state index in [1.54, 1.807) is 36.0 Å². The topological polar surface area (TPSA) is 119 Å². The monoisotopic (exact) mass is 562 g/mol. The van der Waals surface area contributed by atoms with E-state index in [9.17, 15) is 13.2 Å². The number of carbonyl (C=O) groups excluding carboxylic acids is 1. The van der Waals surface area contributed by atoms with Gasteiger partial charge >= 0.3 is 0 Å². The summed E-state index contributed by atoms with van der Waals surface area (Å²) in [5.41, 5.74) is 0.272. The third kappa shape index (κ3) is 6.40. The van der Waals surface area contributed by atoms with Crippen LogP contribution in [0.15, 0.2) is 40.4 Å². The Morgan fingerprint density at radius 2 is 1.95 bits per heavy atom. The predicted octanol–water partition coefficient (Wildman–Crippen LogP) is 3.85. The number of rotatable bonds is 7. The standard InChI is InChI=1S/C26H36N6O4S.H2S/c1-17-14-26(6,7)31(15-17)23-19(24(33)30-37(34,35)20-10-12-27-18(20)2)8-9-21(28-23)32-13-11-22(29-32)36-16-25(3,4)5;/h8-11,13,17H,12,14-16H2,1-7H3,(H,30,33);1H2/t17-;/m0./s1. The number of ether oxygens (including phenoxy) is 1. The quantitative estimate of drug-likeness (QED) is 0.544. The number of aromatic nitrogens is 3. The number of amides is 1. The molecule has 1 N–H and O–H groups in total. The van der Waals surface area contributed by atoms with Gasteiger partial charge in [-0.15, -0.1) is 5.10 Å². The molecule has 0 aliphatic carbocycles. The summed E-state index contributed by atoms with van der Waals surface area (Å²) in [5, 5.41) is 4.49. The highest BCUT2D eigenvalue weighted by atomic mass is 32.2. The zero-order valence-corrected chi connectivity index (χ0v) is 24.9. The smallest absolute Gasteiger partial charge is 0.268 e. The minimum Gasteiger partial charge on any atom is -0.476 e. The molecule has 0 radical (unpaired) electrons. The fraction of sp³-hybridized carbons (Fsp3) is 0.538. The van der Waals surface area contributed by atoms with Crippen molar-refractivity contribution in [3.8, 4) is 11.7 Å². The lowest BCUT2D eigenvalue weighted by Crippen LogP contribution is -2.41. The fourth-order valence-corrected chi connectivity index (χ4v) is 5.95. The van der Waals surface area contributed by atoms with Gasteiger partial charge in [0, 0.05) is 24.3 Å². The zero-order valence-electron chi connectivity index (χ0n) is 23.1. The lowest BCUT2D eigenvalue weighted by atomic mass is 9.97. The van der Waals surface area contributed by atoms with Crippen LogP contribution in [0.4, 0.5) is 5.82 Å². The summed E-state index contributed by atoms with van der Waals surface area (Å²) in [4.78, 5) is 24.4. The van der Waals surface area contributed by atoms with Crippen molar-refractivity contribution in [2.24, 2.45) is 16.3 Å². The average Bonchev–Trinajstić information content (AvgIpc) is 3.49. The van der Waals surface area contributed by atoms with Gasteiger partial charge in [-0.2, -0.15) is 13.5 Å². The molecule has 2 aromatic heterocycles. The third-order valence-corrected chi connectivity index (χ3v) is 7.86. The molecule has 1 saturated heterocycles. The number of hydrogen-bond donors (Lipinski definition) is 1. The van der Waals surface area contributed by atoms with Crippen LogP contribution in [0.5, 0.6) is 5.88 Å². The van der Waals surface area contributed by atoms with Gasteiger partial charge in [-0.3, -0.25) is 9.79 Å². The summed E-state index contributed by atoms with van der Waals surface area (Å²) in [6, 6.07) is 5.02. The molecule has 4 heterocycles. The van der Waals surface area contributed by atoms with Crippen LogP contribution in [0, 0.1) is 11.3 Å². The van der Waals surface area contributed by atoms with Crippen molar-refractivity contribution in [2.45, 2.75) is 60.4 Å². The minimum atomic E-state index is -4.06. The van der Waals surface area contributed by atoms with Gasteiger partial charge in [-0.05, 0) is 56.7 Å². The number of anilines is 1. The molecule has 0 bridgehead atoms. The summed E-state index contributed by atoms with van der Waals surface area (Å²) >= 11 is 0. The fourth-order valence-electron chi connectivity index (χ4n) is 4.74. The SMILES string of the molecule is CC1=NCC=C1S(=O)(=O)NC(=O)c1ccc(-n2ccc(OCC(C)(C)C)n2)nc1N1C[C@@H](C)CC1(C)C.S. The maximum atomic E-state index is 13.4. The van der Waals surface area contributed by atoms with Crippen LogP contribution in [-0.4, -0.2) is 60.0 Å². The van der Waals surface area contributed by atoms with E-state index in [2.05, 4.69) is 61.3 Å². The number of pyridine rings is 1. The van der Waals surface area contributed by atoms with Crippen molar-refractivity contribution >= 4 is 41.0 Å². The van der Waals surface area contributed by atoms with Gasteiger partial charge in [0.1, 0.15) is 10.7 Å². The van der Waals surface area contributed by atoms with Crippen molar-refractivity contribution in [2.75, 3.05) is 24.6 Å². The van der Waals surface area contributed by atoms with Crippen LogP contribution in [-0.2, 0) is 10.0 Å². The number of allylic oxidation sites excluding steroid dienone is 1. The largest absolute Gasteiger partial charge is 0.476 e. The molecule has 0 spiro atoms. The Labute approximate surface area is 232 Å². The number of carbonyl (C=O) groups is 1. The molecular weight excluding hydrogens is 524 g/mol. The van der Waals surface area contributed by atoms with Gasteiger partial charge in [-0.25, -0.2) is 22.8 Å². The Balaban J connectivity index is 0.00000400. The predicted molar refractivity (Wildman–Crippen MR) is 154 cm³/mol. The molecule has 2 aromatic rings. The molecule has 2 aliphatic heterocycles. The molecule has 208 valence electrons. The maximum absolute atomic E-state index is 13.4. The average molecular weight is 563 g/mol. The highest BCUT2D eigenvalue weighted by Gasteiger charge is 2.39. The highest BCUT2D eigenvalue weighted by molar-refractivity contribution is 7.95. The van der Waals surface area contributed by atoms with Crippen molar-refractivity contribution < 1.29 is 17.9 Å². The van der Waals surface area contributed by atoms with Crippen molar-refractivity contribution in [3.05, 3.63) is 40.9 Å². The van der Waals surface area contributed by atoms with E-state index in [1.165, 1.54) is 6.08 Å². The molecule has 1 amide bonds. The van der Waals surface area contributed by atoms with Crippen LogP contribution >= 0.6 is 13.5 Å². The van der Waals surface area contributed by atoms with Crippen molar-refractivity contribution in [3.63, 3.8) is 0 Å². The van der Waals surface area contributed by atoms with E-state index in [4.69, 9.17) is 9.72 Å². The minimum absolute atomic E-state index is 0. The van der Waals surface area contributed by atoms with E-state index < -0.39 is 15.9 Å². The molecule has 0 unspecified atom stereocenters. The second-order valence-electron chi connectivity index (χ2n) is 11.6. The number of sulfonamides is 1. The molecule has 1 atom stereocenters. The Hall–Kier alpha value is -2.86. The lowest BCUT2D eigenvalue weighted by Gasteiger charge is -2.34. The summed E-state index contributed by atoms with van der Waals surface area (Å²) in [5.74, 6) is 1.03. The first-order valence-electron chi connectivity index (χ1n) is 12.4. The van der Waals surface area contributed by atoms with Gasteiger partial charge in [0.15, 0.2) is 5.82 Å². The molecule has 4 rings (SSSR count). The van der Waals surface area contributed by atoms with Gasteiger partial charge < -0.3 is 9.64 Å². The maximum Gasteiger partial charge on any atom is 0.268 e. The van der Waals surface area contributed by atoms with Crippen LogP contribution < -0.4 is 14.4 Å². The molecule has 1 fully saturated rings. The Morgan fingerprint density at radius 1 is 1.24 bits per heavy atom. The number of nitrogens with one attached hydrogen (secondary N) is 1. The van der Waals surface area contributed by atoms with Gasteiger partial charge in [0.05, 0.1) is 24.4 Å². The molecule has 12 heteroatoms. The van der Waals surface area contributed by atoms with E-state index in [0.29, 0.717) is 42.3 Å². The van der Waals surface area contributed by atoms with E-state index in [-0.39, 0.29) is 41.5 Å². The molecule has 10 nitrogen and oxygen atoms in total. The third-order valence-electron chi connectivity index (χ3n) is 6.36. The van der Waals surface area contributed by atoms with Crippen molar-refractivity contribution in [1.82, 2.24) is 19.5 Å². The Bertz CT molecular complexity index is 1370. The number of hydrogen-bond acceptors (Lipinski definition) is 8. The highest BCUT2D eigenvalue weighted by Crippen LogP contribution is 2.37. The number of aliphatic imine (C=N–C) groups is 1. The summed E-state index contributed by atoms with van der Waals surface area (Å²) < 4.78 is 35.5. The Kier molecular flexibility index (Phi) is 8.38. The van der Waals surface area contributed by atoms with Gasteiger partial charge in [0.25, 0.3) is 15.9 Å². The van der Waals surface area contributed by atoms with E-state index >= 15 is 0 Å². The molecular formula is C26H38N6O4S2. The van der Waals surface area contributed by atoms with Crippen LogP contribution in [0.3, 0.4) is 0 Å². The van der Waals surface area contributed by atoms with E-state index in [1.807, 2.05) is 0 Å². The van der Waals surface area contributed by atoms with Crippen LogP contribution in [0.1, 0.15) is 65.2 Å². The van der Waals surface area contributed by atoms with Crippen LogP contribution in [0.2, 0.25) is 0 Å². The van der Waals surface area contributed by atoms with Crippen molar-refractivity contribution in [1.29, 1.82) is 0 Å². The first-order valence-corrected chi connectivity index (χ1v) is 13.9. The lowest BCUT2D eigenvalue weighted by molar-refractivity contribution is 0.0982. The first-order chi connectivity index (χ1) is 17.2. The Morgan fingerprint density at radius 3 is 2.53 bits per heavy atom. The number of nitrogens with zero attached hydrogens (tertiary/aromatic N) is 5. The second kappa shape index (κ2) is 10.7. The molecule has 38 heavy (non-hydrogen) atoms.